The fraction of sp³-hybridized carbons (Fsp3) is 0.889. The van der Waals surface area contributed by atoms with Gasteiger partial charge < -0.3 is 10.7 Å². The first kappa shape index (κ1) is 11.4. The number of hydrogen-bond acceptors (Lipinski definition) is 2. The number of carbonyl (C=O) groups is 1. The van der Waals surface area contributed by atoms with Crippen molar-refractivity contribution in [2.24, 2.45) is 0 Å². The monoisotopic (exact) mass is 172 g/mol. The van der Waals surface area contributed by atoms with Gasteiger partial charge in [0, 0.05) is 6.42 Å². The quantitative estimate of drug-likeness (QED) is 0.473. The molecule has 0 fully saturated rings. The maximum atomic E-state index is 10.5. The Morgan fingerprint density at radius 1 is 1.17 bits per heavy atom. The molecule has 3 heteroatoms. The molecular weight excluding hydrogens is 154 g/mol. The van der Waals surface area contributed by atoms with Crippen LogP contribution in [-0.2, 0) is 4.79 Å². The van der Waals surface area contributed by atoms with Gasteiger partial charge in [0.2, 0.25) is 5.91 Å². The van der Waals surface area contributed by atoms with Crippen molar-refractivity contribution in [3.05, 3.63) is 5.21 Å². The molecule has 0 bridgehead atoms. The Bertz CT molecular complexity index is 115. The number of carbonyl (C=O) groups excluding carboxylic acids is 1. The summed E-state index contributed by atoms with van der Waals surface area (Å²) in [5.41, 5.74) is 1.38. The van der Waals surface area contributed by atoms with E-state index in [1.54, 1.807) is 0 Å². The Morgan fingerprint density at radius 3 is 2.33 bits per heavy atom. The van der Waals surface area contributed by atoms with Crippen LogP contribution in [0.4, 0.5) is 0 Å². The highest BCUT2D eigenvalue weighted by molar-refractivity contribution is 5.76. The fourth-order valence-electron chi connectivity index (χ4n) is 1.12. The van der Waals surface area contributed by atoms with Gasteiger partial charge in [0.1, 0.15) is 0 Å². The minimum absolute atomic E-state index is 0.384. The summed E-state index contributed by atoms with van der Waals surface area (Å²) in [4.78, 5) is 10.5. The zero-order valence-corrected chi connectivity index (χ0v) is 7.77. The predicted molar refractivity (Wildman–Crippen MR) is 49.5 cm³/mol. The van der Waals surface area contributed by atoms with E-state index in [0.717, 1.165) is 12.8 Å². The van der Waals surface area contributed by atoms with Crippen LogP contribution in [-0.4, -0.2) is 5.91 Å². The Morgan fingerprint density at radius 2 is 1.75 bits per heavy atom. The number of nitrogens with one attached hydrogen (secondary N) is 1. The molecule has 0 aromatic heterocycles. The summed E-state index contributed by atoms with van der Waals surface area (Å²) in [5.74, 6) is -0.384. The largest absolute Gasteiger partial charge is 0.759 e. The lowest BCUT2D eigenvalue weighted by atomic mass is 10.1. The third-order valence-electron chi connectivity index (χ3n) is 1.87. The van der Waals surface area contributed by atoms with Gasteiger partial charge in [-0.05, 0) is 6.42 Å². The van der Waals surface area contributed by atoms with Crippen molar-refractivity contribution in [3.63, 3.8) is 0 Å². The molecule has 72 valence electrons. The lowest BCUT2D eigenvalue weighted by Crippen LogP contribution is -2.14. The normalized spacial score (nSPS) is 9.83. The number of amides is 1. The minimum atomic E-state index is -0.384. The van der Waals surface area contributed by atoms with Gasteiger partial charge in [0.25, 0.3) is 0 Å². The first-order chi connectivity index (χ1) is 5.81. The molecule has 0 aromatic rings. The van der Waals surface area contributed by atoms with Crippen LogP contribution in [0.3, 0.4) is 0 Å². The molecule has 0 unspecified atom stereocenters. The molecule has 0 heterocycles. The zero-order chi connectivity index (χ0) is 9.23. The first-order valence-electron chi connectivity index (χ1n) is 4.72. The molecule has 12 heavy (non-hydrogen) atoms. The van der Waals surface area contributed by atoms with E-state index in [1.165, 1.54) is 31.2 Å². The van der Waals surface area contributed by atoms with Crippen molar-refractivity contribution < 1.29 is 4.79 Å². The average Bonchev–Trinajstić information content (AvgIpc) is 2.10. The maximum absolute atomic E-state index is 10.5. The second-order valence-corrected chi connectivity index (χ2v) is 3.04. The fourth-order valence-corrected chi connectivity index (χ4v) is 1.12. The first-order valence-corrected chi connectivity index (χ1v) is 4.72. The maximum Gasteiger partial charge on any atom is 0.209 e. The summed E-state index contributed by atoms with van der Waals surface area (Å²) in [5, 5.41) is 9.80. The third-order valence-corrected chi connectivity index (χ3v) is 1.87. The van der Waals surface area contributed by atoms with Gasteiger partial charge in [0.15, 0.2) is 0 Å². The molecule has 0 atom stereocenters. The van der Waals surface area contributed by atoms with Gasteiger partial charge in [0.05, 0.1) is 0 Å². The molecule has 0 aromatic carbocycles. The van der Waals surface area contributed by atoms with Crippen LogP contribution in [0.1, 0.15) is 51.9 Å². The molecule has 0 aliphatic rings. The van der Waals surface area contributed by atoms with E-state index in [9.17, 15) is 10.0 Å². The van der Waals surface area contributed by atoms with Crippen LogP contribution in [0.15, 0.2) is 0 Å². The van der Waals surface area contributed by atoms with Gasteiger partial charge in [-0.1, -0.05) is 39.0 Å². The second-order valence-electron chi connectivity index (χ2n) is 3.04. The third kappa shape index (κ3) is 7.54. The molecule has 0 aliphatic heterocycles. The highest BCUT2D eigenvalue weighted by atomic mass is 16.5. The van der Waals surface area contributed by atoms with E-state index in [2.05, 4.69) is 6.92 Å². The topological polar surface area (TPSA) is 52.2 Å². The number of unbranched alkanes of at least 4 members (excludes halogenated alkanes) is 5. The van der Waals surface area contributed by atoms with Gasteiger partial charge >= 0.3 is 0 Å². The minimum Gasteiger partial charge on any atom is -0.759 e. The summed E-state index contributed by atoms with van der Waals surface area (Å²) in [7, 11) is 0. The molecule has 0 spiro atoms. The molecule has 1 N–H and O–H groups in total. The molecular formula is C9H18NO2-. The van der Waals surface area contributed by atoms with Crippen LogP contribution in [0.5, 0.6) is 0 Å². The molecule has 0 rings (SSSR count). The smallest absolute Gasteiger partial charge is 0.209 e. The van der Waals surface area contributed by atoms with Crippen LogP contribution in [0, 0.1) is 5.21 Å². The Balaban J connectivity index is 2.95. The van der Waals surface area contributed by atoms with Crippen molar-refractivity contribution in [2.45, 2.75) is 51.9 Å². The van der Waals surface area contributed by atoms with Gasteiger partial charge in [-0.15, -0.1) is 0 Å². The number of rotatable bonds is 7. The van der Waals surface area contributed by atoms with Crippen LogP contribution < -0.4 is 5.48 Å². The summed E-state index contributed by atoms with van der Waals surface area (Å²) in [6, 6.07) is 0. The van der Waals surface area contributed by atoms with Crippen LogP contribution in [0.2, 0.25) is 0 Å². The van der Waals surface area contributed by atoms with Gasteiger partial charge in [-0.25, -0.2) is 0 Å². The Labute approximate surface area is 74.1 Å². The SMILES string of the molecule is CCCCCCCCC(=O)N[O-]. The average molecular weight is 172 g/mol. The van der Waals surface area contributed by atoms with Gasteiger partial charge in [-0.3, -0.25) is 4.79 Å². The van der Waals surface area contributed by atoms with Gasteiger partial charge in [-0.2, -0.15) is 0 Å². The highest BCUT2D eigenvalue weighted by Crippen LogP contribution is 2.06. The predicted octanol–water partition coefficient (Wildman–Crippen LogP) is 2.35. The van der Waals surface area contributed by atoms with Crippen LogP contribution >= 0.6 is 0 Å². The van der Waals surface area contributed by atoms with E-state index in [0.29, 0.717) is 6.42 Å². The summed E-state index contributed by atoms with van der Waals surface area (Å²) >= 11 is 0. The Kier molecular flexibility index (Phi) is 8.12. The molecule has 0 radical (unpaired) electrons. The van der Waals surface area contributed by atoms with Crippen molar-refractivity contribution in [2.75, 3.05) is 0 Å². The van der Waals surface area contributed by atoms with E-state index in [-0.39, 0.29) is 5.91 Å². The van der Waals surface area contributed by atoms with Crippen molar-refractivity contribution in [1.82, 2.24) is 5.48 Å². The van der Waals surface area contributed by atoms with E-state index in [4.69, 9.17) is 0 Å². The summed E-state index contributed by atoms with van der Waals surface area (Å²) in [6.07, 6.45) is 7.23. The standard InChI is InChI=1S/C9H18NO2/c1-2-3-4-5-6-7-8-9(11)10-12/h2-8H2,1H3,(H-,10,11,12)/q-1. The van der Waals surface area contributed by atoms with Crippen LogP contribution in [0.25, 0.3) is 0 Å². The number of hydrogen-bond donors (Lipinski definition) is 1. The molecule has 1 amide bonds. The van der Waals surface area contributed by atoms with E-state index >= 15 is 0 Å². The van der Waals surface area contributed by atoms with E-state index < -0.39 is 0 Å². The number of hydroxylamine groups is 1. The summed E-state index contributed by atoms with van der Waals surface area (Å²) in [6.45, 7) is 2.17. The highest BCUT2D eigenvalue weighted by Gasteiger charge is 1.94. The molecule has 0 aliphatic carbocycles. The second kappa shape index (κ2) is 8.53. The molecule has 3 nitrogen and oxygen atoms in total. The zero-order valence-electron chi connectivity index (χ0n) is 7.77. The lowest BCUT2D eigenvalue weighted by molar-refractivity contribution is -0.120. The molecule has 0 saturated heterocycles. The van der Waals surface area contributed by atoms with Crippen molar-refractivity contribution in [3.8, 4) is 0 Å². The lowest BCUT2D eigenvalue weighted by Gasteiger charge is -2.06. The van der Waals surface area contributed by atoms with E-state index in [1.807, 2.05) is 0 Å². The summed E-state index contributed by atoms with van der Waals surface area (Å²) < 4.78 is 0. The van der Waals surface area contributed by atoms with Crippen molar-refractivity contribution in [1.29, 1.82) is 0 Å². The van der Waals surface area contributed by atoms with Crippen molar-refractivity contribution >= 4 is 5.91 Å². The Hall–Kier alpha value is -0.570. The molecule has 0 saturated carbocycles.